The second-order valence-corrected chi connectivity index (χ2v) is 6.23. The molecule has 0 radical (unpaired) electrons. The molecular weight excluding hydrogens is 386 g/mol. The molecular formula is C14H17N3O7S2. The normalized spacial score (nSPS) is 24.7. The van der Waals surface area contributed by atoms with Gasteiger partial charge in [-0.15, -0.1) is 0 Å². The second kappa shape index (κ2) is 8.47. The van der Waals surface area contributed by atoms with Crippen molar-refractivity contribution in [3.8, 4) is 0 Å². The van der Waals surface area contributed by atoms with Gasteiger partial charge >= 0.3 is 17.9 Å². The van der Waals surface area contributed by atoms with Crippen molar-refractivity contribution in [2.45, 2.75) is 45.3 Å². The fraction of sp³-hybridized carbons (Fsp3) is 0.571. The zero-order valence-electron chi connectivity index (χ0n) is 14.2. The number of ether oxygens (including phenoxy) is 4. The summed E-state index contributed by atoms with van der Waals surface area (Å²) in [6.07, 6.45) is -2.64. The summed E-state index contributed by atoms with van der Waals surface area (Å²) in [6.45, 7) is 3.42. The van der Waals surface area contributed by atoms with Gasteiger partial charge < -0.3 is 23.9 Å². The summed E-state index contributed by atoms with van der Waals surface area (Å²) in [4.78, 5) is 36.9. The Morgan fingerprint density at radius 1 is 1.15 bits per heavy atom. The molecule has 1 aromatic heterocycles. The fourth-order valence-corrected chi connectivity index (χ4v) is 2.90. The quantitative estimate of drug-likeness (QED) is 0.433. The Morgan fingerprint density at radius 3 is 2.31 bits per heavy atom. The van der Waals surface area contributed by atoms with Gasteiger partial charge in [-0.2, -0.15) is 5.10 Å². The second-order valence-electron chi connectivity index (χ2n) is 5.40. The van der Waals surface area contributed by atoms with Crippen LogP contribution in [0.3, 0.4) is 0 Å². The van der Waals surface area contributed by atoms with Gasteiger partial charge in [-0.25, -0.2) is 4.68 Å². The first kappa shape index (κ1) is 20.1. The standard InChI is InChI=1S/C14H17N3O7S2/c1-6(18)21-5-9-11(22-7(2)19)12(23-8(3)20)13(24-9)17-14(26)16-10(25)4-15-17/h4,9,11-13H,5H2,1-3H3,(H,16,25,26)/t9-,11?,12?,13-/m1/s1. The summed E-state index contributed by atoms with van der Waals surface area (Å²) >= 11 is 10.1. The van der Waals surface area contributed by atoms with Crippen molar-refractivity contribution in [2.24, 2.45) is 0 Å². The molecule has 0 saturated carbocycles. The van der Waals surface area contributed by atoms with Crippen LogP contribution in [0, 0.1) is 9.41 Å². The zero-order chi connectivity index (χ0) is 19.4. The molecule has 0 aromatic carbocycles. The van der Waals surface area contributed by atoms with Crippen molar-refractivity contribution in [2.75, 3.05) is 6.61 Å². The largest absolute Gasteiger partial charge is 0.463 e. The van der Waals surface area contributed by atoms with Crippen LogP contribution in [0.4, 0.5) is 0 Å². The average Bonchev–Trinajstić information content (AvgIpc) is 2.82. The van der Waals surface area contributed by atoms with Crippen LogP contribution in [-0.4, -0.2) is 57.6 Å². The Kier molecular flexibility index (Phi) is 6.56. The Balaban J connectivity index is 2.41. The minimum Gasteiger partial charge on any atom is -0.463 e. The maximum absolute atomic E-state index is 11.5. The third kappa shape index (κ3) is 4.93. The summed E-state index contributed by atoms with van der Waals surface area (Å²) in [5.41, 5.74) is 0. The highest BCUT2D eigenvalue weighted by molar-refractivity contribution is 7.72. The van der Waals surface area contributed by atoms with E-state index in [1.165, 1.54) is 31.6 Å². The van der Waals surface area contributed by atoms with Crippen LogP contribution in [0.15, 0.2) is 6.20 Å². The maximum atomic E-state index is 11.5. The van der Waals surface area contributed by atoms with Gasteiger partial charge in [0.1, 0.15) is 17.4 Å². The number of esters is 3. The topological polar surface area (TPSA) is 122 Å². The van der Waals surface area contributed by atoms with Gasteiger partial charge in [0.05, 0.1) is 6.20 Å². The highest BCUT2D eigenvalue weighted by Gasteiger charge is 2.51. The molecule has 1 saturated heterocycles. The summed E-state index contributed by atoms with van der Waals surface area (Å²) in [5, 5.41) is 4.07. The van der Waals surface area contributed by atoms with Crippen LogP contribution < -0.4 is 0 Å². The number of hydrogen-bond acceptors (Lipinski definition) is 10. The van der Waals surface area contributed by atoms with E-state index in [0.717, 1.165) is 0 Å². The van der Waals surface area contributed by atoms with Crippen LogP contribution in [0.5, 0.6) is 0 Å². The molecule has 2 rings (SSSR count). The van der Waals surface area contributed by atoms with Gasteiger partial charge in [-0.3, -0.25) is 14.4 Å². The number of rotatable bonds is 5. The summed E-state index contributed by atoms with van der Waals surface area (Å²) in [6, 6.07) is 0. The van der Waals surface area contributed by atoms with E-state index in [-0.39, 0.29) is 11.4 Å². The van der Waals surface area contributed by atoms with Crippen molar-refractivity contribution >= 4 is 42.3 Å². The summed E-state index contributed by atoms with van der Waals surface area (Å²) in [5.74, 6) is -1.78. The number of nitrogens with zero attached hydrogens (tertiary/aromatic N) is 2. The number of carbonyl (C=O) groups excluding carboxylic acids is 3. The number of H-pyrrole nitrogens is 1. The molecule has 12 heteroatoms. The Hall–Kier alpha value is -2.18. The molecule has 1 aromatic rings. The molecule has 2 heterocycles. The van der Waals surface area contributed by atoms with Crippen molar-refractivity contribution < 1.29 is 33.3 Å². The van der Waals surface area contributed by atoms with E-state index in [1.807, 2.05) is 0 Å². The molecule has 1 aliphatic rings. The third-order valence-corrected chi connectivity index (χ3v) is 3.82. The Morgan fingerprint density at radius 2 is 1.77 bits per heavy atom. The smallest absolute Gasteiger partial charge is 0.303 e. The fourth-order valence-electron chi connectivity index (χ4n) is 2.43. The highest BCUT2D eigenvalue weighted by Crippen LogP contribution is 2.34. The van der Waals surface area contributed by atoms with Gasteiger partial charge in [0.15, 0.2) is 23.2 Å². The molecule has 2 unspecified atom stereocenters. The molecule has 1 N–H and O–H groups in total. The molecule has 26 heavy (non-hydrogen) atoms. The van der Waals surface area contributed by atoms with Crippen molar-refractivity contribution in [3.05, 3.63) is 15.6 Å². The van der Waals surface area contributed by atoms with E-state index in [1.54, 1.807) is 0 Å². The monoisotopic (exact) mass is 403 g/mol. The van der Waals surface area contributed by atoms with E-state index >= 15 is 0 Å². The van der Waals surface area contributed by atoms with Gasteiger partial charge in [-0.1, -0.05) is 12.2 Å². The van der Waals surface area contributed by atoms with Crippen LogP contribution in [-0.2, 0) is 33.3 Å². The minimum absolute atomic E-state index is 0.120. The number of carbonyl (C=O) groups is 3. The molecule has 0 bridgehead atoms. The molecule has 1 aliphatic heterocycles. The van der Waals surface area contributed by atoms with Crippen LogP contribution in [0.1, 0.15) is 27.0 Å². The van der Waals surface area contributed by atoms with Gasteiger partial charge in [0.25, 0.3) is 0 Å². The summed E-state index contributed by atoms with van der Waals surface area (Å²) < 4.78 is 22.9. The first-order chi connectivity index (χ1) is 12.2. The number of aromatic nitrogens is 3. The van der Waals surface area contributed by atoms with Crippen LogP contribution >= 0.6 is 24.4 Å². The zero-order valence-corrected chi connectivity index (χ0v) is 15.8. The molecule has 4 atom stereocenters. The molecule has 1 fully saturated rings. The first-order valence-corrected chi connectivity index (χ1v) is 8.32. The number of aromatic amines is 1. The van der Waals surface area contributed by atoms with Crippen molar-refractivity contribution in [1.29, 1.82) is 0 Å². The lowest BCUT2D eigenvalue weighted by Gasteiger charge is -2.23. The van der Waals surface area contributed by atoms with E-state index in [2.05, 4.69) is 10.1 Å². The highest BCUT2D eigenvalue weighted by atomic mass is 32.1. The van der Waals surface area contributed by atoms with Crippen LogP contribution in [0.25, 0.3) is 0 Å². The molecule has 0 aliphatic carbocycles. The predicted molar refractivity (Wildman–Crippen MR) is 89.9 cm³/mol. The van der Waals surface area contributed by atoms with Crippen molar-refractivity contribution in [3.63, 3.8) is 0 Å². The van der Waals surface area contributed by atoms with Gasteiger partial charge in [0.2, 0.25) is 0 Å². The molecule has 10 nitrogen and oxygen atoms in total. The van der Waals surface area contributed by atoms with E-state index in [4.69, 9.17) is 43.4 Å². The van der Waals surface area contributed by atoms with Crippen LogP contribution in [0.2, 0.25) is 0 Å². The van der Waals surface area contributed by atoms with E-state index in [9.17, 15) is 14.4 Å². The lowest BCUT2D eigenvalue weighted by atomic mass is 10.1. The molecule has 142 valence electrons. The maximum Gasteiger partial charge on any atom is 0.303 e. The Labute approximate surface area is 158 Å². The van der Waals surface area contributed by atoms with Crippen molar-refractivity contribution in [1.82, 2.24) is 14.8 Å². The predicted octanol–water partition coefficient (Wildman–Crippen LogP) is 0.994. The Bertz CT molecular complexity index is 821. The number of nitrogens with one attached hydrogen (secondary N) is 1. The average molecular weight is 403 g/mol. The summed E-state index contributed by atoms with van der Waals surface area (Å²) in [7, 11) is 0. The first-order valence-electron chi connectivity index (χ1n) is 7.50. The minimum atomic E-state index is -1.06. The molecule has 0 amide bonds. The number of hydrogen-bond donors (Lipinski definition) is 1. The van der Waals surface area contributed by atoms with E-state index < -0.39 is 42.4 Å². The molecule has 0 spiro atoms. The lowest BCUT2D eigenvalue weighted by Crippen LogP contribution is -2.40. The van der Waals surface area contributed by atoms with Gasteiger partial charge in [0, 0.05) is 20.8 Å². The lowest BCUT2D eigenvalue weighted by molar-refractivity contribution is -0.166. The SMILES string of the molecule is CC(=O)OC[C@H]1O[C@@H](n2ncc(=S)[nH]c2=S)C(OC(C)=O)C1OC(C)=O. The third-order valence-electron chi connectivity index (χ3n) is 3.32. The van der Waals surface area contributed by atoms with E-state index in [0.29, 0.717) is 4.64 Å². The van der Waals surface area contributed by atoms with Gasteiger partial charge in [-0.05, 0) is 12.2 Å².